The highest BCUT2D eigenvalue weighted by Crippen LogP contribution is 2.35. The molecule has 0 unspecified atom stereocenters. The molecule has 2 heterocycles. The summed E-state index contributed by atoms with van der Waals surface area (Å²) in [5, 5.41) is 3.72. The monoisotopic (exact) mass is 344 g/mol. The summed E-state index contributed by atoms with van der Waals surface area (Å²) in [5.74, 6) is 2.97. The fourth-order valence-corrected chi connectivity index (χ4v) is 4.02. The average molecular weight is 344 g/mol. The van der Waals surface area contributed by atoms with Gasteiger partial charge in [-0.2, -0.15) is 0 Å². The van der Waals surface area contributed by atoms with Gasteiger partial charge in [0.2, 0.25) is 5.91 Å². The molecule has 1 saturated carbocycles. The lowest BCUT2D eigenvalue weighted by molar-refractivity contribution is -0.134. The molecule has 0 bridgehead atoms. The van der Waals surface area contributed by atoms with Gasteiger partial charge in [0, 0.05) is 37.2 Å². The van der Waals surface area contributed by atoms with Crippen LogP contribution in [0.3, 0.4) is 0 Å². The molecule has 0 aromatic heterocycles. The highest BCUT2D eigenvalue weighted by atomic mass is 16.6. The van der Waals surface area contributed by atoms with Crippen LogP contribution in [0, 0.1) is 11.8 Å². The number of amides is 1. The summed E-state index contributed by atoms with van der Waals surface area (Å²) in [6.45, 7) is 6.03. The fourth-order valence-electron chi connectivity index (χ4n) is 4.02. The van der Waals surface area contributed by atoms with Gasteiger partial charge >= 0.3 is 0 Å². The SMILES string of the molecule is CC[C@H]1CN(C(=O)C2CC2)CC[C@@H]1NCc1cccc2c1OCCO2. The van der Waals surface area contributed by atoms with Crippen LogP contribution in [0.15, 0.2) is 18.2 Å². The first kappa shape index (κ1) is 16.7. The van der Waals surface area contributed by atoms with E-state index >= 15 is 0 Å². The smallest absolute Gasteiger partial charge is 0.225 e. The van der Waals surface area contributed by atoms with Crippen LogP contribution in [-0.4, -0.2) is 43.2 Å². The highest BCUT2D eigenvalue weighted by molar-refractivity contribution is 5.81. The van der Waals surface area contributed by atoms with Gasteiger partial charge in [-0.3, -0.25) is 4.79 Å². The summed E-state index contributed by atoms with van der Waals surface area (Å²) >= 11 is 0. The van der Waals surface area contributed by atoms with Crippen molar-refractivity contribution in [1.82, 2.24) is 10.2 Å². The van der Waals surface area contributed by atoms with Gasteiger partial charge in [0.15, 0.2) is 11.5 Å². The Hall–Kier alpha value is -1.75. The van der Waals surface area contributed by atoms with Gasteiger partial charge in [-0.25, -0.2) is 0 Å². The molecule has 25 heavy (non-hydrogen) atoms. The van der Waals surface area contributed by atoms with Crippen molar-refractivity contribution in [3.63, 3.8) is 0 Å². The Bertz CT molecular complexity index is 629. The second kappa shape index (κ2) is 7.24. The fraction of sp³-hybridized carbons (Fsp3) is 0.650. The lowest BCUT2D eigenvalue weighted by atomic mass is 9.89. The number of carbonyl (C=O) groups excluding carboxylic acids is 1. The van der Waals surface area contributed by atoms with E-state index in [1.54, 1.807) is 0 Å². The number of nitrogens with one attached hydrogen (secondary N) is 1. The number of rotatable bonds is 5. The van der Waals surface area contributed by atoms with Gasteiger partial charge in [0.1, 0.15) is 13.2 Å². The minimum atomic E-state index is 0.329. The van der Waals surface area contributed by atoms with Crippen LogP contribution >= 0.6 is 0 Å². The molecule has 1 amide bonds. The zero-order chi connectivity index (χ0) is 17.2. The number of carbonyl (C=O) groups is 1. The molecule has 5 heteroatoms. The molecule has 1 aliphatic carbocycles. The van der Waals surface area contributed by atoms with E-state index < -0.39 is 0 Å². The Balaban J connectivity index is 1.37. The maximum absolute atomic E-state index is 12.3. The van der Waals surface area contributed by atoms with Crippen molar-refractivity contribution >= 4 is 5.91 Å². The summed E-state index contributed by atoms with van der Waals surface area (Å²) in [5.41, 5.74) is 1.16. The van der Waals surface area contributed by atoms with Gasteiger partial charge in [0.05, 0.1) is 0 Å². The topological polar surface area (TPSA) is 50.8 Å². The molecule has 1 N–H and O–H groups in total. The minimum Gasteiger partial charge on any atom is -0.486 e. The molecule has 2 aliphatic heterocycles. The molecule has 5 nitrogen and oxygen atoms in total. The molecule has 136 valence electrons. The standard InChI is InChI=1S/C20H28N2O3/c1-2-14-13-22(20(23)15-6-7-15)9-8-17(14)21-12-16-4-3-5-18-19(16)25-11-10-24-18/h3-5,14-15,17,21H,2,6-13H2,1H3/t14-,17-/m0/s1. The first-order chi connectivity index (χ1) is 12.3. The average Bonchev–Trinajstić information content (AvgIpc) is 3.51. The van der Waals surface area contributed by atoms with E-state index in [-0.39, 0.29) is 0 Å². The van der Waals surface area contributed by atoms with Crippen molar-refractivity contribution in [1.29, 1.82) is 0 Å². The first-order valence-electron chi connectivity index (χ1n) is 9.66. The van der Waals surface area contributed by atoms with Gasteiger partial charge in [-0.1, -0.05) is 25.5 Å². The van der Waals surface area contributed by atoms with E-state index in [9.17, 15) is 4.79 Å². The Morgan fingerprint density at radius 1 is 1.24 bits per heavy atom. The molecule has 1 aromatic carbocycles. The Labute approximate surface area is 149 Å². The first-order valence-corrected chi connectivity index (χ1v) is 9.66. The summed E-state index contributed by atoms with van der Waals surface area (Å²) in [7, 11) is 0. The zero-order valence-electron chi connectivity index (χ0n) is 15.0. The van der Waals surface area contributed by atoms with Crippen LogP contribution in [0.5, 0.6) is 11.5 Å². The quantitative estimate of drug-likeness (QED) is 0.892. The van der Waals surface area contributed by atoms with E-state index in [1.165, 1.54) is 0 Å². The van der Waals surface area contributed by atoms with Gasteiger partial charge in [-0.05, 0) is 31.2 Å². The van der Waals surface area contributed by atoms with Crippen LogP contribution in [0.2, 0.25) is 0 Å². The second-order valence-electron chi connectivity index (χ2n) is 7.44. The van der Waals surface area contributed by atoms with Crippen LogP contribution in [0.25, 0.3) is 0 Å². The lowest BCUT2D eigenvalue weighted by Gasteiger charge is -2.39. The molecule has 0 spiro atoms. The van der Waals surface area contributed by atoms with Crippen molar-refractivity contribution in [2.75, 3.05) is 26.3 Å². The number of hydrogen-bond donors (Lipinski definition) is 1. The molecule has 1 aromatic rings. The van der Waals surface area contributed by atoms with Crippen LogP contribution in [-0.2, 0) is 11.3 Å². The van der Waals surface area contributed by atoms with E-state index in [1.807, 2.05) is 12.1 Å². The van der Waals surface area contributed by atoms with Crippen molar-refractivity contribution in [2.24, 2.45) is 11.8 Å². The summed E-state index contributed by atoms with van der Waals surface area (Å²) in [4.78, 5) is 14.4. The number of hydrogen-bond acceptors (Lipinski definition) is 4. The minimum absolute atomic E-state index is 0.329. The summed E-state index contributed by atoms with van der Waals surface area (Å²) in [6.07, 6.45) is 4.31. The third-order valence-electron chi connectivity index (χ3n) is 5.70. The largest absolute Gasteiger partial charge is 0.486 e. The van der Waals surface area contributed by atoms with E-state index in [4.69, 9.17) is 9.47 Å². The van der Waals surface area contributed by atoms with E-state index in [0.717, 1.165) is 62.4 Å². The second-order valence-corrected chi connectivity index (χ2v) is 7.44. The van der Waals surface area contributed by atoms with Crippen LogP contribution in [0.4, 0.5) is 0 Å². The molecule has 4 rings (SSSR count). The Kier molecular flexibility index (Phi) is 4.84. The van der Waals surface area contributed by atoms with Crippen molar-refractivity contribution in [3.8, 4) is 11.5 Å². The lowest BCUT2D eigenvalue weighted by Crippen LogP contribution is -2.51. The van der Waals surface area contributed by atoms with Crippen molar-refractivity contribution in [2.45, 2.75) is 45.2 Å². The van der Waals surface area contributed by atoms with Gasteiger partial charge in [-0.15, -0.1) is 0 Å². The van der Waals surface area contributed by atoms with Crippen molar-refractivity contribution in [3.05, 3.63) is 23.8 Å². The van der Waals surface area contributed by atoms with Gasteiger partial charge in [0.25, 0.3) is 0 Å². The molecular formula is C20H28N2O3. The number of fused-ring (bicyclic) bond motifs is 1. The normalized spacial score (nSPS) is 25.7. The molecule has 3 aliphatic rings. The molecule has 2 atom stereocenters. The van der Waals surface area contributed by atoms with Gasteiger partial charge < -0.3 is 19.7 Å². The van der Waals surface area contributed by atoms with Crippen LogP contribution < -0.4 is 14.8 Å². The van der Waals surface area contributed by atoms with Crippen molar-refractivity contribution < 1.29 is 14.3 Å². The number of piperidine rings is 1. The maximum atomic E-state index is 12.3. The predicted octanol–water partition coefficient (Wildman–Crippen LogP) is 2.58. The third-order valence-corrected chi connectivity index (χ3v) is 5.70. The van der Waals surface area contributed by atoms with E-state index in [2.05, 4.69) is 23.2 Å². The van der Waals surface area contributed by atoms with Crippen LogP contribution in [0.1, 0.15) is 38.2 Å². The Morgan fingerprint density at radius 3 is 2.88 bits per heavy atom. The number of benzene rings is 1. The molecule has 0 radical (unpaired) electrons. The third kappa shape index (κ3) is 3.61. The number of nitrogens with zero attached hydrogens (tertiary/aromatic N) is 1. The number of para-hydroxylation sites is 1. The van der Waals surface area contributed by atoms with E-state index in [0.29, 0.717) is 37.0 Å². The summed E-state index contributed by atoms with van der Waals surface area (Å²) < 4.78 is 11.5. The molecule has 1 saturated heterocycles. The summed E-state index contributed by atoms with van der Waals surface area (Å²) in [6, 6.07) is 6.55. The number of likely N-dealkylation sites (tertiary alicyclic amines) is 1. The highest BCUT2D eigenvalue weighted by Gasteiger charge is 2.37. The predicted molar refractivity (Wildman–Crippen MR) is 95.8 cm³/mol. The Morgan fingerprint density at radius 2 is 2.08 bits per heavy atom. The molecule has 2 fully saturated rings. The number of ether oxygens (including phenoxy) is 2. The molecular weight excluding hydrogens is 316 g/mol. The maximum Gasteiger partial charge on any atom is 0.225 e. The zero-order valence-corrected chi connectivity index (χ0v) is 15.0.